The largest absolute Gasteiger partial charge is 0.419 e. The lowest BCUT2D eigenvalue weighted by Gasteiger charge is -2.05. The van der Waals surface area contributed by atoms with E-state index in [4.69, 9.17) is 4.42 Å². The van der Waals surface area contributed by atoms with Crippen molar-refractivity contribution in [3.05, 3.63) is 39.8 Å². The highest BCUT2D eigenvalue weighted by Gasteiger charge is 2.16. The Morgan fingerprint density at radius 3 is 2.80 bits per heavy atom. The number of benzene rings is 1. The molecule has 0 bridgehead atoms. The summed E-state index contributed by atoms with van der Waals surface area (Å²) in [6.07, 6.45) is 0. The molecule has 1 heterocycles. The van der Waals surface area contributed by atoms with Gasteiger partial charge in [-0.3, -0.25) is 10.1 Å². The van der Waals surface area contributed by atoms with Crippen LogP contribution in [-0.2, 0) is 0 Å². The zero-order valence-corrected chi connectivity index (χ0v) is 11.6. The third kappa shape index (κ3) is 2.83. The van der Waals surface area contributed by atoms with Crippen molar-refractivity contribution in [2.45, 2.75) is 26.8 Å². The molecule has 20 heavy (non-hydrogen) atoms. The molecule has 0 saturated carbocycles. The van der Waals surface area contributed by atoms with Gasteiger partial charge < -0.3 is 9.73 Å². The molecule has 2 rings (SSSR count). The highest BCUT2D eigenvalue weighted by molar-refractivity contribution is 5.58. The molecule has 0 aliphatic carbocycles. The first-order valence-corrected chi connectivity index (χ1v) is 6.35. The van der Waals surface area contributed by atoms with Crippen LogP contribution in [0.1, 0.15) is 31.3 Å². The topological polar surface area (TPSA) is 94.1 Å². The summed E-state index contributed by atoms with van der Waals surface area (Å²) in [5.74, 6) is 0.862. The minimum absolute atomic E-state index is 0.0274. The first-order valence-electron chi connectivity index (χ1n) is 6.35. The maximum atomic E-state index is 10.8. The van der Waals surface area contributed by atoms with E-state index < -0.39 is 4.92 Å². The van der Waals surface area contributed by atoms with Crippen molar-refractivity contribution in [3.63, 3.8) is 0 Å². The Kier molecular flexibility index (Phi) is 4.09. The van der Waals surface area contributed by atoms with E-state index in [0.29, 0.717) is 22.9 Å². The second-order valence-electron chi connectivity index (χ2n) is 4.48. The molecule has 1 aromatic carbocycles. The van der Waals surface area contributed by atoms with E-state index in [1.165, 1.54) is 6.07 Å². The van der Waals surface area contributed by atoms with Crippen LogP contribution < -0.4 is 5.32 Å². The summed E-state index contributed by atoms with van der Waals surface area (Å²) >= 11 is 0. The summed E-state index contributed by atoms with van der Waals surface area (Å²) in [5.41, 5.74) is 1.32. The van der Waals surface area contributed by atoms with E-state index in [1.807, 2.05) is 13.8 Å². The normalized spacial score (nSPS) is 12.3. The number of rotatable bonds is 5. The number of nitrogens with one attached hydrogen (secondary N) is 1. The molecule has 1 aromatic heterocycles. The first-order chi connectivity index (χ1) is 9.52. The Labute approximate surface area is 116 Å². The van der Waals surface area contributed by atoms with Crippen molar-refractivity contribution in [1.29, 1.82) is 0 Å². The lowest BCUT2D eigenvalue weighted by molar-refractivity contribution is -0.385. The molecule has 0 saturated heterocycles. The fraction of sp³-hybridized carbons (Fsp3) is 0.385. The number of hydrogen-bond acceptors (Lipinski definition) is 6. The van der Waals surface area contributed by atoms with Crippen molar-refractivity contribution >= 4 is 5.69 Å². The van der Waals surface area contributed by atoms with Gasteiger partial charge in [0.25, 0.3) is 5.69 Å². The molecular formula is C13H16N4O3. The van der Waals surface area contributed by atoms with E-state index in [1.54, 1.807) is 19.1 Å². The quantitative estimate of drug-likeness (QED) is 0.666. The molecule has 7 heteroatoms. The Morgan fingerprint density at radius 1 is 1.45 bits per heavy atom. The van der Waals surface area contributed by atoms with E-state index in [9.17, 15) is 10.1 Å². The molecule has 1 N–H and O–H groups in total. The predicted molar refractivity (Wildman–Crippen MR) is 73.2 cm³/mol. The molecule has 0 aliphatic heterocycles. The van der Waals surface area contributed by atoms with E-state index >= 15 is 0 Å². The average molecular weight is 276 g/mol. The predicted octanol–water partition coefficient (Wildman–Crippen LogP) is 2.62. The first kappa shape index (κ1) is 14.1. The second kappa shape index (κ2) is 5.79. The van der Waals surface area contributed by atoms with Gasteiger partial charge in [-0.15, -0.1) is 10.2 Å². The van der Waals surface area contributed by atoms with Crippen molar-refractivity contribution in [2.24, 2.45) is 0 Å². The van der Waals surface area contributed by atoms with Gasteiger partial charge in [0.05, 0.1) is 11.0 Å². The van der Waals surface area contributed by atoms with Crippen LogP contribution in [0.3, 0.4) is 0 Å². The molecule has 2 aromatic rings. The molecule has 1 atom stereocenters. The Bertz CT molecular complexity index is 624. The van der Waals surface area contributed by atoms with Gasteiger partial charge in [-0.05, 0) is 32.5 Å². The van der Waals surface area contributed by atoms with Crippen LogP contribution in [-0.4, -0.2) is 21.7 Å². The third-order valence-corrected chi connectivity index (χ3v) is 2.96. The van der Waals surface area contributed by atoms with Crippen LogP contribution in [0, 0.1) is 17.0 Å². The number of hydrogen-bond donors (Lipinski definition) is 1. The molecule has 1 unspecified atom stereocenters. The van der Waals surface area contributed by atoms with Crippen LogP contribution in [0.15, 0.2) is 22.6 Å². The van der Waals surface area contributed by atoms with Crippen molar-refractivity contribution < 1.29 is 9.34 Å². The van der Waals surface area contributed by atoms with E-state index in [0.717, 1.165) is 6.54 Å². The van der Waals surface area contributed by atoms with Gasteiger partial charge in [-0.2, -0.15) is 0 Å². The fourth-order valence-electron chi connectivity index (χ4n) is 1.91. The van der Waals surface area contributed by atoms with Crippen molar-refractivity contribution in [2.75, 3.05) is 6.54 Å². The third-order valence-electron chi connectivity index (χ3n) is 2.96. The summed E-state index contributed by atoms with van der Waals surface area (Å²) in [4.78, 5) is 10.4. The van der Waals surface area contributed by atoms with Gasteiger partial charge in [0.2, 0.25) is 11.8 Å². The summed E-state index contributed by atoms with van der Waals surface area (Å²) < 4.78 is 5.58. The molecule has 0 spiro atoms. The van der Waals surface area contributed by atoms with Gasteiger partial charge in [-0.25, -0.2) is 0 Å². The molecule has 0 fully saturated rings. The zero-order valence-electron chi connectivity index (χ0n) is 11.6. The average Bonchev–Trinajstić information content (AvgIpc) is 2.88. The lowest BCUT2D eigenvalue weighted by Crippen LogP contribution is -2.17. The van der Waals surface area contributed by atoms with Crippen molar-refractivity contribution in [1.82, 2.24) is 15.5 Å². The number of nitrogens with zero attached hydrogens (tertiary/aromatic N) is 3. The fourth-order valence-corrected chi connectivity index (χ4v) is 1.91. The molecule has 0 aliphatic rings. The van der Waals surface area contributed by atoms with Gasteiger partial charge >= 0.3 is 0 Å². The minimum atomic E-state index is -0.411. The monoisotopic (exact) mass is 276 g/mol. The highest BCUT2D eigenvalue weighted by atomic mass is 16.6. The number of nitro benzene ring substituents is 1. The highest BCUT2D eigenvalue weighted by Crippen LogP contribution is 2.26. The Morgan fingerprint density at radius 2 is 2.20 bits per heavy atom. The summed E-state index contributed by atoms with van der Waals surface area (Å²) in [6.45, 7) is 6.41. The summed E-state index contributed by atoms with van der Waals surface area (Å²) in [7, 11) is 0. The maximum Gasteiger partial charge on any atom is 0.272 e. The zero-order chi connectivity index (χ0) is 14.7. The number of aromatic nitrogens is 2. The smallest absolute Gasteiger partial charge is 0.272 e. The SMILES string of the molecule is CCNC(C)c1nnc(-c2ccc([N+](=O)[O-])c(C)c2)o1. The Balaban J connectivity index is 2.28. The van der Waals surface area contributed by atoms with E-state index in [-0.39, 0.29) is 11.7 Å². The van der Waals surface area contributed by atoms with Crippen LogP contribution in [0.5, 0.6) is 0 Å². The van der Waals surface area contributed by atoms with Crippen molar-refractivity contribution in [3.8, 4) is 11.5 Å². The molecular weight excluding hydrogens is 260 g/mol. The summed E-state index contributed by atoms with van der Waals surface area (Å²) in [5, 5.41) is 21.9. The molecule has 7 nitrogen and oxygen atoms in total. The number of aryl methyl sites for hydroxylation is 1. The van der Waals surface area contributed by atoms with Gasteiger partial charge in [-0.1, -0.05) is 6.92 Å². The van der Waals surface area contributed by atoms with Crippen LogP contribution in [0.2, 0.25) is 0 Å². The Hall–Kier alpha value is -2.28. The lowest BCUT2D eigenvalue weighted by atomic mass is 10.1. The van der Waals surface area contributed by atoms with Crippen LogP contribution in [0.4, 0.5) is 5.69 Å². The molecule has 0 radical (unpaired) electrons. The van der Waals surface area contributed by atoms with Crippen LogP contribution >= 0.6 is 0 Å². The number of nitro groups is 1. The minimum Gasteiger partial charge on any atom is -0.419 e. The van der Waals surface area contributed by atoms with Gasteiger partial charge in [0.1, 0.15) is 0 Å². The summed E-state index contributed by atoms with van der Waals surface area (Å²) in [6, 6.07) is 4.70. The molecule has 0 amide bonds. The van der Waals surface area contributed by atoms with E-state index in [2.05, 4.69) is 15.5 Å². The van der Waals surface area contributed by atoms with Gasteiger partial charge in [0.15, 0.2) is 0 Å². The van der Waals surface area contributed by atoms with Gasteiger partial charge in [0, 0.05) is 17.2 Å². The van der Waals surface area contributed by atoms with Crippen LogP contribution in [0.25, 0.3) is 11.5 Å². The maximum absolute atomic E-state index is 10.8. The second-order valence-corrected chi connectivity index (χ2v) is 4.48. The standard InChI is InChI=1S/C13H16N4O3/c1-4-14-9(3)12-15-16-13(20-12)10-5-6-11(17(18)19)8(2)7-10/h5-7,9,14H,4H2,1-3H3. The molecule has 106 valence electrons.